The maximum absolute atomic E-state index is 8.98. The van der Waals surface area contributed by atoms with E-state index in [1.165, 1.54) is 0 Å². The lowest BCUT2D eigenvalue weighted by molar-refractivity contribution is 0.0262. The first-order valence-corrected chi connectivity index (χ1v) is 3.98. The van der Waals surface area contributed by atoms with E-state index in [0.717, 1.165) is 6.42 Å². The molecule has 0 aromatic rings. The summed E-state index contributed by atoms with van der Waals surface area (Å²) in [7, 11) is 0. The summed E-state index contributed by atoms with van der Waals surface area (Å²) in [5.41, 5.74) is -0.0803. The van der Waals surface area contributed by atoms with Gasteiger partial charge < -0.3 is 9.84 Å². The Hall–Kier alpha value is -0.340. The SMILES string of the molecule is C=CCOCC(C)(CC)CO. The molecule has 0 radical (unpaired) electrons. The molecule has 0 aromatic heterocycles. The first-order chi connectivity index (χ1) is 5.18. The average Bonchev–Trinajstić information content (AvgIpc) is 2.05. The zero-order valence-electron chi connectivity index (χ0n) is 7.47. The molecule has 0 amide bonds. The molecule has 0 saturated carbocycles. The Morgan fingerprint density at radius 2 is 2.27 bits per heavy atom. The van der Waals surface area contributed by atoms with E-state index in [0.29, 0.717) is 13.2 Å². The highest BCUT2D eigenvalue weighted by atomic mass is 16.5. The molecule has 0 fully saturated rings. The zero-order valence-corrected chi connectivity index (χ0v) is 7.47. The van der Waals surface area contributed by atoms with Crippen LogP contribution in [0.2, 0.25) is 0 Å². The molecule has 2 heteroatoms. The van der Waals surface area contributed by atoms with Gasteiger partial charge in [-0.3, -0.25) is 0 Å². The number of rotatable bonds is 6. The molecule has 2 nitrogen and oxygen atoms in total. The van der Waals surface area contributed by atoms with Crippen LogP contribution in [0.5, 0.6) is 0 Å². The fourth-order valence-corrected chi connectivity index (χ4v) is 0.648. The van der Waals surface area contributed by atoms with E-state index in [2.05, 4.69) is 6.58 Å². The highest BCUT2D eigenvalue weighted by Crippen LogP contribution is 2.19. The van der Waals surface area contributed by atoms with Gasteiger partial charge >= 0.3 is 0 Å². The number of hydrogen-bond acceptors (Lipinski definition) is 2. The first kappa shape index (κ1) is 10.7. The highest BCUT2D eigenvalue weighted by Gasteiger charge is 2.20. The normalized spacial score (nSPS) is 15.9. The molecule has 66 valence electrons. The molecular weight excluding hydrogens is 140 g/mol. The Labute approximate surface area is 68.9 Å². The standard InChI is InChI=1S/C9H18O2/c1-4-6-11-8-9(3,5-2)7-10/h4,10H,1,5-8H2,2-3H3. The van der Waals surface area contributed by atoms with Gasteiger partial charge in [-0.15, -0.1) is 6.58 Å². The van der Waals surface area contributed by atoms with Crippen molar-refractivity contribution in [3.05, 3.63) is 12.7 Å². The van der Waals surface area contributed by atoms with E-state index >= 15 is 0 Å². The fraction of sp³-hybridized carbons (Fsp3) is 0.778. The molecular formula is C9H18O2. The summed E-state index contributed by atoms with van der Waals surface area (Å²) in [6, 6.07) is 0. The molecule has 0 aliphatic carbocycles. The predicted octanol–water partition coefficient (Wildman–Crippen LogP) is 1.60. The van der Waals surface area contributed by atoms with Crippen LogP contribution in [0.15, 0.2) is 12.7 Å². The molecule has 0 bridgehead atoms. The van der Waals surface area contributed by atoms with E-state index in [4.69, 9.17) is 9.84 Å². The van der Waals surface area contributed by atoms with Crippen molar-refractivity contribution in [2.45, 2.75) is 20.3 Å². The van der Waals surface area contributed by atoms with Crippen molar-refractivity contribution in [3.63, 3.8) is 0 Å². The average molecular weight is 158 g/mol. The minimum Gasteiger partial charge on any atom is -0.396 e. The van der Waals surface area contributed by atoms with Gasteiger partial charge in [0.05, 0.1) is 19.8 Å². The lowest BCUT2D eigenvalue weighted by atomic mass is 9.90. The zero-order chi connectivity index (χ0) is 8.74. The number of hydrogen-bond donors (Lipinski definition) is 1. The van der Waals surface area contributed by atoms with Crippen molar-refractivity contribution in [1.82, 2.24) is 0 Å². The van der Waals surface area contributed by atoms with Gasteiger partial charge in [0.1, 0.15) is 0 Å². The molecule has 11 heavy (non-hydrogen) atoms. The molecule has 0 aliphatic rings. The van der Waals surface area contributed by atoms with Gasteiger partial charge in [-0.1, -0.05) is 19.9 Å². The minimum atomic E-state index is -0.0803. The van der Waals surface area contributed by atoms with E-state index < -0.39 is 0 Å². The predicted molar refractivity (Wildman–Crippen MR) is 46.5 cm³/mol. The monoisotopic (exact) mass is 158 g/mol. The van der Waals surface area contributed by atoms with Crippen molar-refractivity contribution in [2.24, 2.45) is 5.41 Å². The molecule has 0 aliphatic heterocycles. The molecule has 1 N–H and O–H groups in total. The summed E-state index contributed by atoms with van der Waals surface area (Å²) >= 11 is 0. The van der Waals surface area contributed by atoms with Crippen LogP contribution >= 0.6 is 0 Å². The Bertz CT molecular complexity index is 106. The van der Waals surface area contributed by atoms with Gasteiger partial charge in [0.15, 0.2) is 0 Å². The number of aliphatic hydroxyl groups is 1. The molecule has 0 saturated heterocycles. The lowest BCUT2D eigenvalue weighted by Crippen LogP contribution is -2.26. The summed E-state index contributed by atoms with van der Waals surface area (Å²) in [6.45, 7) is 8.95. The quantitative estimate of drug-likeness (QED) is 0.470. The third-order valence-electron chi connectivity index (χ3n) is 1.92. The summed E-state index contributed by atoms with van der Waals surface area (Å²) < 4.78 is 5.25. The van der Waals surface area contributed by atoms with E-state index in [1.54, 1.807) is 6.08 Å². The molecule has 1 atom stereocenters. The van der Waals surface area contributed by atoms with Gasteiger partial charge in [0.25, 0.3) is 0 Å². The lowest BCUT2D eigenvalue weighted by Gasteiger charge is -2.24. The Morgan fingerprint density at radius 1 is 1.64 bits per heavy atom. The maximum atomic E-state index is 8.98. The Morgan fingerprint density at radius 3 is 2.64 bits per heavy atom. The third kappa shape index (κ3) is 4.17. The summed E-state index contributed by atoms with van der Waals surface area (Å²) in [6.07, 6.45) is 2.65. The van der Waals surface area contributed by atoms with Crippen molar-refractivity contribution >= 4 is 0 Å². The molecule has 0 aromatic carbocycles. The van der Waals surface area contributed by atoms with Gasteiger partial charge in [0.2, 0.25) is 0 Å². The molecule has 1 unspecified atom stereocenters. The van der Waals surface area contributed by atoms with Gasteiger partial charge in [-0.05, 0) is 6.42 Å². The Balaban J connectivity index is 3.59. The van der Waals surface area contributed by atoms with Crippen LogP contribution in [0.25, 0.3) is 0 Å². The molecule has 0 spiro atoms. The topological polar surface area (TPSA) is 29.5 Å². The van der Waals surface area contributed by atoms with Crippen LogP contribution in [-0.4, -0.2) is 24.9 Å². The second kappa shape index (κ2) is 5.33. The maximum Gasteiger partial charge on any atom is 0.0645 e. The van der Waals surface area contributed by atoms with Gasteiger partial charge in [0, 0.05) is 5.41 Å². The van der Waals surface area contributed by atoms with Gasteiger partial charge in [-0.25, -0.2) is 0 Å². The molecule has 0 heterocycles. The van der Waals surface area contributed by atoms with Crippen molar-refractivity contribution in [2.75, 3.05) is 19.8 Å². The number of ether oxygens (including phenoxy) is 1. The van der Waals surface area contributed by atoms with Gasteiger partial charge in [-0.2, -0.15) is 0 Å². The Kier molecular flexibility index (Phi) is 5.16. The van der Waals surface area contributed by atoms with Crippen LogP contribution in [0.1, 0.15) is 20.3 Å². The van der Waals surface area contributed by atoms with Crippen molar-refractivity contribution in [3.8, 4) is 0 Å². The summed E-state index contributed by atoms with van der Waals surface area (Å²) in [5, 5.41) is 8.98. The summed E-state index contributed by atoms with van der Waals surface area (Å²) in [4.78, 5) is 0. The number of aliphatic hydroxyl groups excluding tert-OH is 1. The van der Waals surface area contributed by atoms with E-state index in [9.17, 15) is 0 Å². The van der Waals surface area contributed by atoms with Crippen molar-refractivity contribution < 1.29 is 9.84 Å². The largest absolute Gasteiger partial charge is 0.396 e. The minimum absolute atomic E-state index is 0.0803. The fourth-order valence-electron chi connectivity index (χ4n) is 0.648. The van der Waals surface area contributed by atoms with Crippen LogP contribution < -0.4 is 0 Å². The summed E-state index contributed by atoms with van der Waals surface area (Å²) in [5.74, 6) is 0. The van der Waals surface area contributed by atoms with E-state index in [-0.39, 0.29) is 12.0 Å². The van der Waals surface area contributed by atoms with Crippen molar-refractivity contribution in [1.29, 1.82) is 0 Å². The van der Waals surface area contributed by atoms with Crippen LogP contribution in [0.4, 0.5) is 0 Å². The van der Waals surface area contributed by atoms with E-state index in [1.807, 2.05) is 13.8 Å². The molecule has 0 rings (SSSR count). The highest BCUT2D eigenvalue weighted by molar-refractivity contribution is 4.72. The first-order valence-electron chi connectivity index (χ1n) is 3.98. The third-order valence-corrected chi connectivity index (χ3v) is 1.92. The second-order valence-electron chi connectivity index (χ2n) is 3.13. The van der Waals surface area contributed by atoms with Crippen LogP contribution in [-0.2, 0) is 4.74 Å². The second-order valence-corrected chi connectivity index (χ2v) is 3.13. The van der Waals surface area contributed by atoms with Crippen LogP contribution in [0, 0.1) is 5.41 Å². The van der Waals surface area contributed by atoms with Crippen LogP contribution in [0.3, 0.4) is 0 Å². The smallest absolute Gasteiger partial charge is 0.0645 e.